The summed E-state index contributed by atoms with van der Waals surface area (Å²) >= 11 is 0. The number of carbonyl (C=O) groups is 1. The Hall–Kier alpha value is -2.89. The van der Waals surface area contributed by atoms with Gasteiger partial charge in [0.05, 0.1) is 4.92 Å². The first kappa shape index (κ1) is 13.1. The molecule has 106 valence electrons. The van der Waals surface area contributed by atoms with Gasteiger partial charge in [-0.2, -0.15) is 0 Å². The predicted molar refractivity (Wildman–Crippen MR) is 76.4 cm³/mol. The van der Waals surface area contributed by atoms with Crippen molar-refractivity contribution in [3.63, 3.8) is 0 Å². The molecule has 0 fully saturated rings. The van der Waals surface area contributed by atoms with E-state index in [1.54, 1.807) is 6.07 Å². The Morgan fingerprint density at radius 1 is 1.19 bits per heavy atom. The van der Waals surface area contributed by atoms with E-state index in [-0.39, 0.29) is 5.69 Å². The van der Waals surface area contributed by atoms with Crippen molar-refractivity contribution in [1.82, 2.24) is 0 Å². The van der Waals surface area contributed by atoms with Crippen LogP contribution in [0, 0.1) is 10.1 Å². The standard InChI is InChI=1S/C15H12N2O4/c18-15(19)14-13(9-4-2-1-3-5-9)11-8-10(17(20)21)6-7-12(11)16-14/h1-8,13-14,16H,(H,18,19). The Kier molecular flexibility index (Phi) is 3.06. The quantitative estimate of drug-likeness (QED) is 0.667. The van der Waals surface area contributed by atoms with E-state index >= 15 is 0 Å². The third-order valence-corrected chi connectivity index (χ3v) is 3.65. The Morgan fingerprint density at radius 3 is 2.52 bits per heavy atom. The Morgan fingerprint density at radius 2 is 1.90 bits per heavy atom. The van der Waals surface area contributed by atoms with E-state index in [0.29, 0.717) is 11.3 Å². The Balaban J connectivity index is 2.14. The number of nitro benzene ring substituents is 1. The lowest BCUT2D eigenvalue weighted by Crippen LogP contribution is -2.30. The van der Waals surface area contributed by atoms with Crippen molar-refractivity contribution >= 4 is 17.3 Å². The second-order valence-electron chi connectivity index (χ2n) is 4.88. The monoisotopic (exact) mass is 284 g/mol. The summed E-state index contributed by atoms with van der Waals surface area (Å²) in [6.45, 7) is 0. The number of hydrogen-bond donors (Lipinski definition) is 2. The zero-order valence-corrected chi connectivity index (χ0v) is 10.9. The van der Waals surface area contributed by atoms with Crippen LogP contribution in [0.15, 0.2) is 48.5 Å². The maximum atomic E-state index is 11.5. The van der Waals surface area contributed by atoms with Crippen LogP contribution in [0.5, 0.6) is 0 Å². The molecule has 2 aromatic rings. The highest BCUT2D eigenvalue weighted by Gasteiger charge is 2.38. The van der Waals surface area contributed by atoms with Crippen LogP contribution in [0.1, 0.15) is 17.0 Å². The molecule has 2 atom stereocenters. The van der Waals surface area contributed by atoms with E-state index in [0.717, 1.165) is 5.56 Å². The van der Waals surface area contributed by atoms with Gasteiger partial charge in [0.15, 0.2) is 0 Å². The van der Waals surface area contributed by atoms with E-state index in [1.165, 1.54) is 12.1 Å². The lowest BCUT2D eigenvalue weighted by atomic mass is 9.88. The van der Waals surface area contributed by atoms with Crippen LogP contribution in [0.3, 0.4) is 0 Å². The number of carboxylic acid groups (broad SMARTS) is 1. The molecule has 0 bridgehead atoms. The Bertz CT molecular complexity index is 715. The molecule has 0 saturated carbocycles. The highest BCUT2D eigenvalue weighted by molar-refractivity contribution is 5.84. The average molecular weight is 284 g/mol. The van der Waals surface area contributed by atoms with Crippen molar-refractivity contribution in [1.29, 1.82) is 0 Å². The van der Waals surface area contributed by atoms with Crippen molar-refractivity contribution in [3.8, 4) is 0 Å². The van der Waals surface area contributed by atoms with Crippen LogP contribution in [-0.2, 0) is 4.79 Å². The predicted octanol–water partition coefficient (Wildman–Crippen LogP) is 2.61. The molecule has 6 heteroatoms. The smallest absolute Gasteiger partial charge is 0.327 e. The molecule has 0 radical (unpaired) electrons. The number of carboxylic acids is 1. The van der Waals surface area contributed by atoms with E-state index in [2.05, 4.69) is 5.32 Å². The van der Waals surface area contributed by atoms with Gasteiger partial charge in [-0.1, -0.05) is 30.3 Å². The van der Waals surface area contributed by atoms with Gasteiger partial charge >= 0.3 is 5.97 Å². The number of benzene rings is 2. The van der Waals surface area contributed by atoms with Crippen molar-refractivity contribution in [2.75, 3.05) is 5.32 Å². The van der Waals surface area contributed by atoms with Crippen LogP contribution in [0.2, 0.25) is 0 Å². The van der Waals surface area contributed by atoms with Crippen LogP contribution >= 0.6 is 0 Å². The number of aliphatic carboxylic acids is 1. The Labute approximate surface area is 120 Å². The highest BCUT2D eigenvalue weighted by Crippen LogP contribution is 2.42. The summed E-state index contributed by atoms with van der Waals surface area (Å²) in [4.78, 5) is 21.9. The average Bonchev–Trinajstić information content (AvgIpc) is 2.86. The lowest BCUT2D eigenvalue weighted by Gasteiger charge is -2.16. The maximum absolute atomic E-state index is 11.5. The second kappa shape index (κ2) is 4.90. The molecule has 0 aliphatic carbocycles. The van der Waals surface area contributed by atoms with E-state index < -0.39 is 22.9 Å². The molecule has 6 nitrogen and oxygen atoms in total. The number of nitrogens with one attached hydrogen (secondary N) is 1. The molecule has 0 saturated heterocycles. The second-order valence-corrected chi connectivity index (χ2v) is 4.88. The van der Waals surface area contributed by atoms with Crippen LogP contribution in [0.25, 0.3) is 0 Å². The molecule has 2 N–H and O–H groups in total. The minimum Gasteiger partial charge on any atom is -0.480 e. The summed E-state index contributed by atoms with van der Waals surface area (Å²) in [6.07, 6.45) is 0. The third-order valence-electron chi connectivity index (χ3n) is 3.65. The van der Waals surface area contributed by atoms with Crippen molar-refractivity contribution in [2.45, 2.75) is 12.0 Å². The van der Waals surface area contributed by atoms with E-state index in [1.807, 2.05) is 30.3 Å². The summed E-state index contributed by atoms with van der Waals surface area (Å²) in [5.74, 6) is -1.43. The van der Waals surface area contributed by atoms with Gasteiger partial charge < -0.3 is 10.4 Å². The topological polar surface area (TPSA) is 92.5 Å². The number of nitro groups is 1. The van der Waals surface area contributed by atoms with Gasteiger partial charge in [-0.05, 0) is 17.2 Å². The first-order valence-electron chi connectivity index (χ1n) is 6.40. The fourth-order valence-electron chi connectivity index (χ4n) is 2.72. The largest absolute Gasteiger partial charge is 0.480 e. The molecular weight excluding hydrogens is 272 g/mol. The SMILES string of the molecule is O=C(O)C1Nc2ccc([N+](=O)[O-])cc2C1c1ccccc1. The molecule has 1 heterocycles. The molecule has 0 amide bonds. The molecule has 0 spiro atoms. The molecule has 2 unspecified atom stereocenters. The number of rotatable bonds is 3. The summed E-state index contributed by atoms with van der Waals surface area (Å²) in [5.41, 5.74) is 2.05. The molecule has 0 aromatic heterocycles. The molecule has 21 heavy (non-hydrogen) atoms. The zero-order chi connectivity index (χ0) is 15.0. The summed E-state index contributed by atoms with van der Waals surface area (Å²) < 4.78 is 0. The van der Waals surface area contributed by atoms with Gasteiger partial charge in [-0.15, -0.1) is 0 Å². The normalized spacial score (nSPS) is 19.6. The minimum absolute atomic E-state index is 0.0393. The van der Waals surface area contributed by atoms with Gasteiger partial charge in [0.25, 0.3) is 5.69 Å². The van der Waals surface area contributed by atoms with E-state index in [4.69, 9.17) is 0 Å². The number of hydrogen-bond acceptors (Lipinski definition) is 4. The van der Waals surface area contributed by atoms with Gasteiger partial charge in [-0.3, -0.25) is 10.1 Å². The molecule has 1 aliphatic heterocycles. The highest BCUT2D eigenvalue weighted by atomic mass is 16.6. The van der Waals surface area contributed by atoms with Gasteiger partial charge in [-0.25, -0.2) is 4.79 Å². The van der Waals surface area contributed by atoms with Crippen LogP contribution in [0.4, 0.5) is 11.4 Å². The van der Waals surface area contributed by atoms with Gasteiger partial charge in [0.2, 0.25) is 0 Å². The molecule has 3 rings (SSSR count). The van der Waals surface area contributed by atoms with Crippen molar-refractivity contribution in [3.05, 3.63) is 69.8 Å². The fourth-order valence-corrected chi connectivity index (χ4v) is 2.72. The van der Waals surface area contributed by atoms with Crippen LogP contribution < -0.4 is 5.32 Å². The number of fused-ring (bicyclic) bond motifs is 1. The minimum atomic E-state index is -0.984. The molecule has 1 aliphatic rings. The van der Waals surface area contributed by atoms with Gasteiger partial charge in [0.1, 0.15) is 6.04 Å². The van der Waals surface area contributed by atoms with Gasteiger partial charge in [0, 0.05) is 23.7 Å². The number of nitrogens with zero attached hydrogens (tertiary/aromatic N) is 1. The first-order chi connectivity index (χ1) is 10.1. The van der Waals surface area contributed by atoms with Crippen molar-refractivity contribution in [2.24, 2.45) is 0 Å². The molecular formula is C15H12N2O4. The van der Waals surface area contributed by atoms with Crippen molar-refractivity contribution < 1.29 is 14.8 Å². The maximum Gasteiger partial charge on any atom is 0.327 e. The molecule has 2 aromatic carbocycles. The number of non-ortho nitro benzene ring substituents is 1. The van der Waals surface area contributed by atoms with Crippen LogP contribution in [-0.4, -0.2) is 22.0 Å². The van der Waals surface area contributed by atoms with E-state index in [9.17, 15) is 20.0 Å². The summed E-state index contributed by atoms with van der Waals surface area (Å²) in [7, 11) is 0. The summed E-state index contributed by atoms with van der Waals surface area (Å²) in [5, 5.41) is 23.3. The third kappa shape index (κ3) is 2.20. The summed E-state index contributed by atoms with van der Waals surface area (Å²) in [6, 6.07) is 12.7. The number of anilines is 1. The fraction of sp³-hybridized carbons (Fsp3) is 0.133. The first-order valence-corrected chi connectivity index (χ1v) is 6.40. The zero-order valence-electron chi connectivity index (χ0n) is 10.9. The lowest BCUT2D eigenvalue weighted by molar-refractivity contribution is -0.384.